The minimum absolute atomic E-state index is 0.346. The number of nitrogens with two attached hydrogens (primary N) is 2. The summed E-state index contributed by atoms with van der Waals surface area (Å²) in [7, 11) is -4.67. The van der Waals surface area contributed by atoms with Crippen molar-refractivity contribution in [2.24, 2.45) is 10.3 Å². The van der Waals surface area contributed by atoms with Crippen LogP contribution in [0.5, 0.6) is 0 Å². The van der Waals surface area contributed by atoms with Crippen molar-refractivity contribution in [3.63, 3.8) is 0 Å². The van der Waals surface area contributed by atoms with Gasteiger partial charge in [0.15, 0.2) is 0 Å². The van der Waals surface area contributed by atoms with Gasteiger partial charge in [0.25, 0.3) is 0 Å². The smallest absolute Gasteiger partial charge is 0.213 e. The van der Waals surface area contributed by atoms with Gasteiger partial charge in [-0.25, -0.2) is 27.1 Å². The molecule has 2 rings (SSSR count). The molecule has 2 atom stereocenters. The van der Waals surface area contributed by atoms with Crippen LogP contribution in [-0.2, 0) is 20.0 Å². The molecule has 0 bridgehead atoms. The summed E-state index contributed by atoms with van der Waals surface area (Å²) in [5.74, 6) is 0. The Morgan fingerprint density at radius 2 is 1.57 bits per heavy atom. The highest BCUT2D eigenvalue weighted by Crippen LogP contribution is 2.13. The van der Waals surface area contributed by atoms with E-state index in [2.05, 4.69) is 5.32 Å². The second kappa shape index (κ2) is 7.84. The van der Waals surface area contributed by atoms with Crippen molar-refractivity contribution in [3.05, 3.63) is 0 Å². The Bertz CT molecular complexity index is 514. The summed E-state index contributed by atoms with van der Waals surface area (Å²) in [5.41, 5.74) is 0. The van der Waals surface area contributed by atoms with Crippen LogP contribution in [0.25, 0.3) is 0 Å². The molecule has 21 heavy (non-hydrogen) atoms. The zero-order valence-electron chi connectivity index (χ0n) is 12.4. The van der Waals surface area contributed by atoms with Crippen molar-refractivity contribution in [2.45, 2.75) is 36.2 Å². The SMILES string of the molecule is CN1CCCC(S(N)(=O)=O)C1.NS(=O)(=O)C1CCCNC1. The fourth-order valence-electron chi connectivity index (χ4n) is 2.49. The van der Waals surface area contributed by atoms with Gasteiger partial charge in [0, 0.05) is 13.1 Å². The molecule has 2 aliphatic rings. The van der Waals surface area contributed by atoms with Gasteiger partial charge in [-0.1, -0.05) is 0 Å². The van der Waals surface area contributed by atoms with E-state index < -0.39 is 20.0 Å². The maximum atomic E-state index is 10.9. The molecule has 8 nitrogen and oxygen atoms in total. The van der Waals surface area contributed by atoms with Crippen molar-refractivity contribution in [2.75, 3.05) is 33.2 Å². The van der Waals surface area contributed by atoms with Crippen LogP contribution in [0.2, 0.25) is 0 Å². The van der Waals surface area contributed by atoms with E-state index >= 15 is 0 Å². The molecular weight excluding hydrogens is 316 g/mol. The van der Waals surface area contributed by atoms with Crippen LogP contribution in [0.3, 0.4) is 0 Å². The van der Waals surface area contributed by atoms with Gasteiger partial charge in [-0.2, -0.15) is 0 Å². The third-order valence-electron chi connectivity index (χ3n) is 3.76. The molecule has 0 aromatic rings. The van der Waals surface area contributed by atoms with E-state index in [1.807, 2.05) is 11.9 Å². The molecule has 2 fully saturated rings. The number of hydrogen-bond donors (Lipinski definition) is 3. The molecule has 2 aliphatic heterocycles. The monoisotopic (exact) mass is 342 g/mol. The van der Waals surface area contributed by atoms with Crippen LogP contribution in [0.4, 0.5) is 0 Å². The summed E-state index contributed by atoms with van der Waals surface area (Å²) < 4.78 is 43.2. The van der Waals surface area contributed by atoms with Crippen molar-refractivity contribution in [3.8, 4) is 0 Å². The van der Waals surface area contributed by atoms with E-state index in [9.17, 15) is 16.8 Å². The highest BCUT2D eigenvalue weighted by molar-refractivity contribution is 7.90. The maximum Gasteiger partial charge on any atom is 0.213 e. The third kappa shape index (κ3) is 7.02. The van der Waals surface area contributed by atoms with Crippen molar-refractivity contribution in [1.82, 2.24) is 10.2 Å². The van der Waals surface area contributed by atoms with Crippen LogP contribution in [-0.4, -0.2) is 65.5 Å². The fourth-order valence-corrected chi connectivity index (χ4v) is 4.29. The van der Waals surface area contributed by atoms with E-state index in [1.54, 1.807) is 0 Å². The van der Waals surface area contributed by atoms with Gasteiger partial charge in [-0.15, -0.1) is 0 Å². The molecule has 2 heterocycles. The summed E-state index contributed by atoms with van der Waals surface area (Å²) >= 11 is 0. The largest absolute Gasteiger partial charge is 0.315 e. The Balaban J connectivity index is 0.000000211. The fraction of sp³-hybridized carbons (Fsp3) is 1.00. The van der Waals surface area contributed by atoms with Gasteiger partial charge < -0.3 is 10.2 Å². The zero-order chi connectivity index (χ0) is 16.1. The standard InChI is InChI=1S/C6H14N2O2S.C5H12N2O2S/c1-8-4-2-3-6(5-8)11(7,9)10;6-10(8,9)5-2-1-3-7-4-5/h6H,2-5H2,1H3,(H2,7,9,10);5,7H,1-4H2,(H2,6,8,9). The first-order valence-corrected chi connectivity index (χ1v) is 10.2. The molecule has 0 aromatic heterocycles. The highest BCUT2D eigenvalue weighted by atomic mass is 32.2. The number of rotatable bonds is 2. The highest BCUT2D eigenvalue weighted by Gasteiger charge is 2.26. The predicted octanol–water partition coefficient (Wildman–Crippen LogP) is -1.60. The average Bonchev–Trinajstić information content (AvgIpc) is 2.38. The number of piperidine rings is 2. The van der Waals surface area contributed by atoms with Crippen LogP contribution < -0.4 is 15.6 Å². The Labute approximate surface area is 127 Å². The lowest BCUT2D eigenvalue weighted by molar-refractivity contribution is 0.278. The summed E-state index contributed by atoms with van der Waals surface area (Å²) in [6.07, 6.45) is 3.24. The first kappa shape index (κ1) is 18.8. The second-order valence-corrected chi connectivity index (χ2v) is 9.36. The number of primary sulfonamides is 2. The molecule has 10 heteroatoms. The maximum absolute atomic E-state index is 10.9. The second-order valence-electron chi connectivity index (χ2n) is 5.67. The number of sulfonamides is 2. The van der Waals surface area contributed by atoms with E-state index in [-0.39, 0.29) is 10.5 Å². The summed E-state index contributed by atoms with van der Waals surface area (Å²) in [4.78, 5) is 2.00. The van der Waals surface area contributed by atoms with Gasteiger partial charge >= 0.3 is 0 Å². The Morgan fingerprint density at radius 1 is 1.00 bits per heavy atom. The lowest BCUT2D eigenvalue weighted by atomic mass is 10.1. The lowest BCUT2D eigenvalue weighted by Crippen LogP contribution is -2.42. The topological polar surface area (TPSA) is 136 Å². The zero-order valence-corrected chi connectivity index (χ0v) is 14.0. The molecule has 0 spiro atoms. The molecule has 0 radical (unpaired) electrons. The number of hydrogen-bond acceptors (Lipinski definition) is 6. The Hall–Kier alpha value is -0.260. The van der Waals surface area contributed by atoms with Crippen molar-refractivity contribution in [1.29, 1.82) is 0 Å². The quantitative estimate of drug-likeness (QED) is 0.553. The van der Waals surface area contributed by atoms with Crippen LogP contribution >= 0.6 is 0 Å². The average molecular weight is 342 g/mol. The first-order valence-electron chi connectivity index (χ1n) is 7.03. The summed E-state index contributed by atoms with van der Waals surface area (Å²) in [5, 5.41) is 12.2. The Kier molecular flexibility index (Phi) is 7.01. The lowest BCUT2D eigenvalue weighted by Gasteiger charge is -2.27. The molecule has 2 saturated heterocycles. The Morgan fingerprint density at radius 3 is 1.90 bits per heavy atom. The summed E-state index contributed by atoms with van der Waals surface area (Å²) in [6, 6.07) is 0. The molecule has 0 amide bonds. The molecule has 0 saturated carbocycles. The number of likely N-dealkylation sites (tertiary alicyclic amines) is 1. The van der Waals surface area contributed by atoms with E-state index in [1.165, 1.54) is 0 Å². The molecular formula is C11H26N4O4S2. The van der Waals surface area contributed by atoms with E-state index in [0.29, 0.717) is 25.9 Å². The van der Waals surface area contributed by atoms with Crippen molar-refractivity contribution >= 4 is 20.0 Å². The van der Waals surface area contributed by atoms with Crippen LogP contribution in [0.1, 0.15) is 25.7 Å². The molecule has 0 aromatic carbocycles. The number of nitrogens with one attached hydrogen (secondary N) is 1. The molecule has 5 N–H and O–H groups in total. The normalized spacial score (nSPS) is 28.5. The van der Waals surface area contributed by atoms with Crippen molar-refractivity contribution < 1.29 is 16.8 Å². The van der Waals surface area contributed by atoms with Gasteiger partial charge in [0.05, 0.1) is 10.5 Å². The van der Waals surface area contributed by atoms with Gasteiger partial charge in [0.1, 0.15) is 0 Å². The van der Waals surface area contributed by atoms with Gasteiger partial charge in [-0.05, 0) is 45.8 Å². The minimum atomic E-state index is -3.30. The predicted molar refractivity (Wildman–Crippen MR) is 82.6 cm³/mol. The summed E-state index contributed by atoms with van der Waals surface area (Å²) in [6.45, 7) is 2.98. The van der Waals surface area contributed by atoms with Gasteiger partial charge in [-0.3, -0.25) is 0 Å². The number of nitrogens with zero attached hydrogens (tertiary/aromatic N) is 1. The minimum Gasteiger partial charge on any atom is -0.315 e. The molecule has 126 valence electrons. The van der Waals surface area contributed by atoms with E-state index in [4.69, 9.17) is 10.3 Å². The van der Waals surface area contributed by atoms with Crippen LogP contribution in [0, 0.1) is 0 Å². The molecule has 0 aliphatic carbocycles. The first-order chi connectivity index (χ1) is 9.60. The molecule has 2 unspecified atom stereocenters. The van der Waals surface area contributed by atoms with Gasteiger partial charge in [0.2, 0.25) is 20.0 Å². The third-order valence-corrected chi connectivity index (χ3v) is 6.41. The van der Waals surface area contributed by atoms with Crippen LogP contribution in [0.15, 0.2) is 0 Å². The van der Waals surface area contributed by atoms with E-state index in [0.717, 1.165) is 25.9 Å².